The third-order valence-corrected chi connectivity index (χ3v) is 5.38. The SMILES string of the molecule is O=C1CN([O-])C(Cc2ccccc2)C2CCc3ccccc3C12. The lowest BCUT2D eigenvalue weighted by atomic mass is 9.67. The van der Waals surface area contributed by atoms with E-state index in [9.17, 15) is 10.0 Å². The second-order valence-electron chi connectivity index (χ2n) is 6.68. The molecular weight excluding hydrogens is 286 g/mol. The molecule has 0 N–H and O–H groups in total. The van der Waals surface area contributed by atoms with Crippen molar-refractivity contribution < 1.29 is 4.79 Å². The van der Waals surface area contributed by atoms with Gasteiger partial charge in [0.1, 0.15) is 0 Å². The van der Waals surface area contributed by atoms with E-state index in [2.05, 4.69) is 24.3 Å². The zero-order valence-electron chi connectivity index (χ0n) is 13.0. The van der Waals surface area contributed by atoms with E-state index < -0.39 is 0 Å². The normalized spacial score (nSPS) is 27.3. The summed E-state index contributed by atoms with van der Waals surface area (Å²) in [4.78, 5) is 12.6. The molecule has 0 aromatic heterocycles. The number of rotatable bonds is 2. The molecule has 1 heterocycles. The van der Waals surface area contributed by atoms with Gasteiger partial charge in [-0.2, -0.15) is 0 Å². The summed E-state index contributed by atoms with van der Waals surface area (Å²) in [5.41, 5.74) is 3.60. The van der Waals surface area contributed by atoms with Crippen LogP contribution in [0.15, 0.2) is 54.6 Å². The molecule has 118 valence electrons. The van der Waals surface area contributed by atoms with Crippen LogP contribution in [-0.2, 0) is 17.6 Å². The van der Waals surface area contributed by atoms with Crippen molar-refractivity contribution in [1.29, 1.82) is 0 Å². The van der Waals surface area contributed by atoms with Crippen LogP contribution in [0.25, 0.3) is 0 Å². The summed E-state index contributed by atoms with van der Waals surface area (Å²) in [5, 5.41) is 13.5. The lowest BCUT2D eigenvalue weighted by molar-refractivity contribution is -0.127. The van der Waals surface area contributed by atoms with Gasteiger partial charge in [0.15, 0.2) is 5.78 Å². The van der Waals surface area contributed by atoms with E-state index in [1.807, 2.05) is 30.3 Å². The lowest BCUT2D eigenvalue weighted by Crippen LogP contribution is -2.52. The molecular formula is C20H20NO2-. The summed E-state index contributed by atoms with van der Waals surface area (Å²) < 4.78 is 0. The third kappa shape index (κ3) is 2.60. The number of Topliss-reactive ketones (excluding diaryl/α,β-unsaturated/α-hetero) is 1. The predicted octanol–water partition coefficient (Wildman–Crippen LogP) is 3.33. The molecule has 1 aliphatic heterocycles. The first-order valence-electron chi connectivity index (χ1n) is 8.32. The number of benzene rings is 2. The van der Waals surface area contributed by atoms with Crippen LogP contribution < -0.4 is 0 Å². The van der Waals surface area contributed by atoms with Crippen LogP contribution in [0.2, 0.25) is 0 Å². The van der Waals surface area contributed by atoms with Gasteiger partial charge in [-0.1, -0.05) is 54.6 Å². The molecule has 1 fully saturated rings. The topological polar surface area (TPSA) is 43.4 Å². The number of hydrogen-bond acceptors (Lipinski definition) is 3. The molecule has 1 saturated heterocycles. The first-order valence-corrected chi connectivity index (χ1v) is 8.32. The summed E-state index contributed by atoms with van der Waals surface area (Å²) in [6, 6.07) is 18.3. The van der Waals surface area contributed by atoms with Crippen LogP contribution in [0, 0.1) is 11.1 Å². The van der Waals surface area contributed by atoms with E-state index >= 15 is 0 Å². The minimum atomic E-state index is -0.103. The van der Waals surface area contributed by atoms with Crippen molar-refractivity contribution in [3.63, 3.8) is 0 Å². The summed E-state index contributed by atoms with van der Waals surface area (Å²) in [7, 11) is 0. The molecule has 2 aromatic rings. The van der Waals surface area contributed by atoms with Crippen LogP contribution in [0.4, 0.5) is 0 Å². The van der Waals surface area contributed by atoms with Gasteiger partial charge in [0, 0.05) is 18.5 Å². The smallest absolute Gasteiger partial charge is 0.153 e. The number of hydrogen-bond donors (Lipinski definition) is 0. The Morgan fingerprint density at radius 3 is 2.61 bits per heavy atom. The van der Waals surface area contributed by atoms with E-state index in [0.29, 0.717) is 0 Å². The average Bonchev–Trinajstić information content (AvgIpc) is 2.58. The molecule has 23 heavy (non-hydrogen) atoms. The maximum atomic E-state index is 12.6. The number of fused-ring (bicyclic) bond motifs is 3. The van der Waals surface area contributed by atoms with Gasteiger partial charge in [-0.05, 0) is 41.9 Å². The molecule has 0 bridgehead atoms. The highest BCUT2D eigenvalue weighted by molar-refractivity contribution is 5.89. The number of ketones is 1. The highest BCUT2D eigenvalue weighted by atomic mass is 16.5. The Hall–Kier alpha value is -1.97. The van der Waals surface area contributed by atoms with Gasteiger partial charge in [0.2, 0.25) is 0 Å². The van der Waals surface area contributed by atoms with Crippen molar-refractivity contribution in [3.8, 4) is 0 Å². The molecule has 3 atom stereocenters. The number of piperidine rings is 1. The molecule has 2 aromatic carbocycles. The summed E-state index contributed by atoms with van der Waals surface area (Å²) in [6.07, 6.45) is 2.61. The molecule has 1 aliphatic carbocycles. The number of hydroxylamine groups is 2. The van der Waals surface area contributed by atoms with Gasteiger partial charge in [-0.15, -0.1) is 0 Å². The molecule has 4 rings (SSSR count). The van der Waals surface area contributed by atoms with Crippen molar-refractivity contribution >= 4 is 5.78 Å². The Balaban J connectivity index is 1.68. The second kappa shape index (κ2) is 5.91. The third-order valence-electron chi connectivity index (χ3n) is 5.38. The summed E-state index contributed by atoms with van der Waals surface area (Å²) in [6.45, 7) is 0.0208. The second-order valence-corrected chi connectivity index (χ2v) is 6.68. The van der Waals surface area contributed by atoms with Crippen LogP contribution >= 0.6 is 0 Å². The van der Waals surface area contributed by atoms with Crippen molar-refractivity contribution in [2.45, 2.75) is 31.2 Å². The van der Waals surface area contributed by atoms with Crippen molar-refractivity contribution in [3.05, 3.63) is 76.5 Å². The fourth-order valence-electron chi connectivity index (χ4n) is 4.30. The Morgan fingerprint density at radius 1 is 1.04 bits per heavy atom. The molecule has 2 aliphatic rings. The highest BCUT2D eigenvalue weighted by Crippen LogP contribution is 2.43. The largest absolute Gasteiger partial charge is 0.785 e. The number of carbonyl (C=O) groups is 1. The summed E-state index contributed by atoms with van der Waals surface area (Å²) in [5.74, 6) is 0.115. The first kappa shape index (κ1) is 14.6. The fourth-order valence-corrected chi connectivity index (χ4v) is 4.30. The van der Waals surface area contributed by atoms with Crippen LogP contribution in [0.1, 0.15) is 29.0 Å². The van der Waals surface area contributed by atoms with Crippen molar-refractivity contribution in [2.24, 2.45) is 5.92 Å². The van der Waals surface area contributed by atoms with E-state index in [4.69, 9.17) is 0 Å². The molecule has 0 spiro atoms. The van der Waals surface area contributed by atoms with E-state index in [1.165, 1.54) is 11.1 Å². The molecule has 0 saturated carbocycles. The molecule has 0 radical (unpaired) electrons. The van der Waals surface area contributed by atoms with Crippen LogP contribution in [0.3, 0.4) is 0 Å². The minimum absolute atomic E-state index is 0.0208. The zero-order chi connectivity index (χ0) is 15.8. The van der Waals surface area contributed by atoms with E-state index in [-0.39, 0.29) is 30.2 Å². The van der Waals surface area contributed by atoms with Gasteiger partial charge in [-0.25, -0.2) is 0 Å². The molecule has 3 nitrogen and oxygen atoms in total. The van der Waals surface area contributed by atoms with Crippen LogP contribution in [-0.4, -0.2) is 23.4 Å². The molecule has 0 amide bonds. The predicted molar refractivity (Wildman–Crippen MR) is 90.0 cm³/mol. The van der Waals surface area contributed by atoms with Crippen LogP contribution in [0.5, 0.6) is 0 Å². The van der Waals surface area contributed by atoms with Gasteiger partial charge >= 0.3 is 0 Å². The van der Waals surface area contributed by atoms with Gasteiger partial charge in [-0.3, -0.25) is 4.79 Å². The lowest BCUT2D eigenvalue weighted by Gasteiger charge is -2.50. The Kier molecular flexibility index (Phi) is 3.76. The van der Waals surface area contributed by atoms with E-state index in [1.54, 1.807) is 0 Å². The first-order chi connectivity index (χ1) is 11.2. The quantitative estimate of drug-likeness (QED) is 0.855. The number of carbonyl (C=O) groups excluding carboxylic acids is 1. The summed E-state index contributed by atoms with van der Waals surface area (Å²) >= 11 is 0. The maximum Gasteiger partial charge on any atom is 0.153 e. The number of aryl methyl sites for hydroxylation is 1. The van der Waals surface area contributed by atoms with Gasteiger partial charge in [0.25, 0.3) is 0 Å². The monoisotopic (exact) mass is 306 g/mol. The Morgan fingerprint density at radius 2 is 1.78 bits per heavy atom. The minimum Gasteiger partial charge on any atom is -0.785 e. The van der Waals surface area contributed by atoms with Gasteiger partial charge < -0.3 is 10.3 Å². The Bertz CT molecular complexity index is 713. The standard InChI is InChI=1S/C20H20NO2/c22-19-13-21(23)18(12-14-6-2-1-3-7-14)17-11-10-15-8-4-5-9-16(15)20(17)19/h1-9,17-18,20H,10-13H2/q-1. The van der Waals surface area contributed by atoms with E-state index in [0.717, 1.165) is 29.9 Å². The highest BCUT2D eigenvalue weighted by Gasteiger charge is 2.42. The van der Waals surface area contributed by atoms with Crippen molar-refractivity contribution in [2.75, 3.05) is 6.54 Å². The zero-order valence-corrected chi connectivity index (χ0v) is 13.0. The molecule has 3 unspecified atom stereocenters. The van der Waals surface area contributed by atoms with Crippen molar-refractivity contribution in [1.82, 2.24) is 5.06 Å². The number of nitrogens with zero attached hydrogens (tertiary/aromatic N) is 1. The van der Waals surface area contributed by atoms with Gasteiger partial charge in [0.05, 0.1) is 0 Å². The average molecular weight is 306 g/mol. The Labute approximate surface area is 136 Å². The molecule has 3 heteroatoms. The fraction of sp³-hybridized carbons (Fsp3) is 0.350. The maximum absolute atomic E-state index is 12.6.